The topological polar surface area (TPSA) is 84.7 Å². The van der Waals surface area contributed by atoms with E-state index in [0.29, 0.717) is 37.4 Å². The van der Waals surface area contributed by atoms with Gasteiger partial charge in [0.15, 0.2) is 0 Å². The van der Waals surface area contributed by atoms with E-state index in [1.165, 1.54) is 11.4 Å². The summed E-state index contributed by atoms with van der Waals surface area (Å²) < 4.78 is 33.5. The second-order valence-electron chi connectivity index (χ2n) is 5.72. The average Bonchev–Trinajstić information content (AvgIpc) is 2.63. The largest absolute Gasteiger partial charge is 0.388 e. The molecule has 0 spiro atoms. The van der Waals surface area contributed by atoms with Gasteiger partial charge in [-0.05, 0) is 13.8 Å². The molecule has 1 aliphatic heterocycles. The molecule has 0 bridgehead atoms. The molecule has 0 amide bonds. The van der Waals surface area contributed by atoms with Gasteiger partial charge in [-0.1, -0.05) is 0 Å². The molecule has 2 rings (SSSR count). The number of aryl methyl sites for hydroxylation is 2. The number of hydrogen-bond donors (Lipinski definition) is 1. The van der Waals surface area contributed by atoms with E-state index < -0.39 is 15.6 Å². The second-order valence-corrected chi connectivity index (χ2v) is 7.70. The molecular formula is C13H23N3O4S. The first-order valence-corrected chi connectivity index (χ1v) is 8.38. The SMILES string of the molecule is Cc1nn(C)c(C)c1S(=O)(=O)N(C)CC1(O)CCOCC1. The molecule has 1 aliphatic rings. The Hall–Kier alpha value is -0.960. The van der Waals surface area contributed by atoms with Crippen LogP contribution in [0.25, 0.3) is 0 Å². The van der Waals surface area contributed by atoms with Crippen molar-refractivity contribution in [2.75, 3.05) is 26.8 Å². The summed E-state index contributed by atoms with van der Waals surface area (Å²) in [6.07, 6.45) is 0.885. The summed E-state index contributed by atoms with van der Waals surface area (Å²) in [5.41, 5.74) is 0.0449. The van der Waals surface area contributed by atoms with Crippen LogP contribution in [0.2, 0.25) is 0 Å². The standard InChI is InChI=1S/C13H23N3O4S/c1-10-12(11(2)16(4)14-10)21(18,19)15(3)9-13(17)5-7-20-8-6-13/h17H,5-9H2,1-4H3. The summed E-state index contributed by atoms with van der Waals surface area (Å²) in [4.78, 5) is 0.225. The number of rotatable bonds is 4. The molecule has 1 aromatic heterocycles. The quantitative estimate of drug-likeness (QED) is 0.857. The first-order valence-electron chi connectivity index (χ1n) is 6.94. The van der Waals surface area contributed by atoms with Gasteiger partial charge in [-0.2, -0.15) is 9.40 Å². The summed E-state index contributed by atoms with van der Waals surface area (Å²) in [7, 11) is -0.457. The normalized spacial score (nSPS) is 19.1. The van der Waals surface area contributed by atoms with E-state index in [-0.39, 0.29) is 11.4 Å². The minimum Gasteiger partial charge on any atom is -0.388 e. The third-order valence-electron chi connectivity index (χ3n) is 4.05. The van der Waals surface area contributed by atoms with Gasteiger partial charge < -0.3 is 9.84 Å². The van der Waals surface area contributed by atoms with Crippen molar-refractivity contribution in [3.05, 3.63) is 11.4 Å². The maximum atomic E-state index is 12.7. The van der Waals surface area contributed by atoms with Gasteiger partial charge >= 0.3 is 0 Å². The number of nitrogens with zero attached hydrogens (tertiary/aromatic N) is 3. The predicted octanol–water partition coefficient (Wildman–Crippen LogP) is 0.199. The Morgan fingerprint density at radius 2 is 1.95 bits per heavy atom. The lowest BCUT2D eigenvalue weighted by molar-refractivity contribution is -0.0689. The molecule has 21 heavy (non-hydrogen) atoms. The zero-order valence-electron chi connectivity index (χ0n) is 13.0. The van der Waals surface area contributed by atoms with E-state index in [0.717, 1.165) is 0 Å². The zero-order chi connectivity index (χ0) is 15.8. The Morgan fingerprint density at radius 1 is 1.38 bits per heavy atom. The summed E-state index contributed by atoms with van der Waals surface area (Å²) in [6.45, 7) is 4.37. The monoisotopic (exact) mass is 317 g/mol. The summed E-state index contributed by atoms with van der Waals surface area (Å²) >= 11 is 0. The molecule has 1 fully saturated rings. The van der Waals surface area contributed by atoms with Crippen molar-refractivity contribution in [3.8, 4) is 0 Å². The van der Waals surface area contributed by atoms with Gasteiger partial charge in [-0.15, -0.1) is 0 Å². The summed E-state index contributed by atoms with van der Waals surface area (Å²) in [5.74, 6) is 0. The first-order chi connectivity index (χ1) is 9.67. The molecule has 0 radical (unpaired) electrons. The maximum absolute atomic E-state index is 12.7. The Labute approximate surface area is 125 Å². The van der Waals surface area contributed by atoms with Crippen LogP contribution in [0.3, 0.4) is 0 Å². The molecule has 1 aromatic rings. The fraction of sp³-hybridized carbons (Fsp3) is 0.769. The summed E-state index contributed by atoms with van der Waals surface area (Å²) in [6, 6.07) is 0. The van der Waals surface area contributed by atoms with Crippen LogP contribution in [0.4, 0.5) is 0 Å². The van der Waals surface area contributed by atoms with Crippen molar-refractivity contribution >= 4 is 10.0 Å². The molecule has 1 saturated heterocycles. The summed E-state index contributed by atoms with van der Waals surface area (Å²) in [5, 5.41) is 14.6. The fourth-order valence-electron chi connectivity index (χ4n) is 2.69. The van der Waals surface area contributed by atoms with Gasteiger partial charge in [-0.25, -0.2) is 8.42 Å². The van der Waals surface area contributed by atoms with Crippen molar-refractivity contribution < 1.29 is 18.3 Å². The maximum Gasteiger partial charge on any atom is 0.246 e. The van der Waals surface area contributed by atoms with Gasteiger partial charge in [0.2, 0.25) is 10.0 Å². The van der Waals surface area contributed by atoms with Crippen LogP contribution in [-0.4, -0.2) is 60.0 Å². The Morgan fingerprint density at radius 3 is 2.43 bits per heavy atom. The lowest BCUT2D eigenvalue weighted by Crippen LogP contribution is -2.47. The first kappa shape index (κ1) is 16.4. The van der Waals surface area contributed by atoms with E-state index in [1.54, 1.807) is 25.6 Å². The van der Waals surface area contributed by atoms with Gasteiger partial charge in [0.25, 0.3) is 0 Å². The smallest absolute Gasteiger partial charge is 0.246 e. The van der Waals surface area contributed by atoms with Crippen molar-refractivity contribution in [1.82, 2.24) is 14.1 Å². The van der Waals surface area contributed by atoms with Gasteiger partial charge in [0, 0.05) is 46.7 Å². The van der Waals surface area contributed by atoms with Crippen LogP contribution < -0.4 is 0 Å². The third-order valence-corrected chi connectivity index (χ3v) is 6.11. The number of ether oxygens (including phenoxy) is 1. The fourth-order valence-corrected chi connectivity index (χ4v) is 4.33. The highest BCUT2D eigenvalue weighted by Gasteiger charge is 2.36. The van der Waals surface area contributed by atoms with E-state index in [4.69, 9.17) is 4.74 Å². The third kappa shape index (κ3) is 3.13. The molecule has 2 heterocycles. The number of aliphatic hydroxyl groups is 1. The Balaban J connectivity index is 2.26. The number of hydrogen-bond acceptors (Lipinski definition) is 5. The van der Waals surface area contributed by atoms with E-state index >= 15 is 0 Å². The lowest BCUT2D eigenvalue weighted by atomic mass is 9.95. The number of aromatic nitrogens is 2. The highest BCUT2D eigenvalue weighted by atomic mass is 32.2. The Kier molecular flexibility index (Phi) is 4.44. The molecule has 0 atom stereocenters. The number of likely N-dealkylation sites (N-methyl/N-ethyl adjacent to an activating group) is 1. The minimum atomic E-state index is -3.67. The van der Waals surface area contributed by atoms with Crippen LogP contribution in [-0.2, 0) is 21.8 Å². The Bertz CT molecular complexity index is 618. The van der Waals surface area contributed by atoms with Crippen molar-refractivity contribution in [2.45, 2.75) is 37.2 Å². The molecule has 0 aliphatic carbocycles. The van der Waals surface area contributed by atoms with Crippen LogP contribution >= 0.6 is 0 Å². The van der Waals surface area contributed by atoms with Crippen molar-refractivity contribution in [3.63, 3.8) is 0 Å². The highest BCUT2D eigenvalue weighted by Crippen LogP contribution is 2.26. The minimum absolute atomic E-state index is 0.0620. The van der Waals surface area contributed by atoms with Crippen LogP contribution in [0.15, 0.2) is 4.90 Å². The second kappa shape index (κ2) is 5.68. The van der Waals surface area contributed by atoms with Crippen molar-refractivity contribution in [1.29, 1.82) is 0 Å². The van der Waals surface area contributed by atoms with Gasteiger partial charge in [0.1, 0.15) is 4.90 Å². The van der Waals surface area contributed by atoms with E-state index in [1.807, 2.05) is 0 Å². The molecule has 1 N–H and O–H groups in total. The molecule has 7 nitrogen and oxygen atoms in total. The van der Waals surface area contributed by atoms with E-state index in [9.17, 15) is 13.5 Å². The van der Waals surface area contributed by atoms with Crippen LogP contribution in [0.1, 0.15) is 24.2 Å². The molecule has 0 aromatic carbocycles. The van der Waals surface area contributed by atoms with Crippen LogP contribution in [0, 0.1) is 13.8 Å². The van der Waals surface area contributed by atoms with Gasteiger partial charge in [0.05, 0.1) is 17.0 Å². The predicted molar refractivity (Wildman–Crippen MR) is 77.5 cm³/mol. The average molecular weight is 317 g/mol. The van der Waals surface area contributed by atoms with Crippen LogP contribution in [0.5, 0.6) is 0 Å². The van der Waals surface area contributed by atoms with E-state index in [2.05, 4.69) is 5.10 Å². The zero-order valence-corrected chi connectivity index (χ0v) is 13.8. The van der Waals surface area contributed by atoms with Crippen molar-refractivity contribution in [2.24, 2.45) is 7.05 Å². The highest BCUT2D eigenvalue weighted by molar-refractivity contribution is 7.89. The number of sulfonamides is 1. The van der Waals surface area contributed by atoms with Gasteiger partial charge in [-0.3, -0.25) is 4.68 Å². The lowest BCUT2D eigenvalue weighted by Gasteiger charge is -2.35. The molecule has 8 heteroatoms. The molecule has 120 valence electrons. The molecular weight excluding hydrogens is 294 g/mol. The molecule has 0 unspecified atom stereocenters. The molecule has 0 saturated carbocycles.